The molecule has 9 heteroatoms. The van der Waals surface area contributed by atoms with Gasteiger partial charge in [0, 0.05) is 55.2 Å². The molecule has 8 nitrogen and oxygen atoms in total. The van der Waals surface area contributed by atoms with Gasteiger partial charge in [0.25, 0.3) is 5.91 Å². The molecule has 0 spiro atoms. The van der Waals surface area contributed by atoms with Gasteiger partial charge in [0.2, 0.25) is 5.91 Å². The van der Waals surface area contributed by atoms with Crippen molar-refractivity contribution < 1.29 is 14.0 Å². The van der Waals surface area contributed by atoms with E-state index in [4.69, 9.17) is 0 Å². The van der Waals surface area contributed by atoms with E-state index >= 15 is 0 Å². The van der Waals surface area contributed by atoms with Gasteiger partial charge in [0.1, 0.15) is 12.4 Å². The first kappa shape index (κ1) is 20.8. The summed E-state index contributed by atoms with van der Waals surface area (Å²) in [6, 6.07) is 5.93. The predicted molar refractivity (Wildman–Crippen MR) is 113 cm³/mol. The van der Waals surface area contributed by atoms with Crippen LogP contribution in [0.15, 0.2) is 55.4 Å². The third-order valence-electron chi connectivity index (χ3n) is 5.45. The van der Waals surface area contributed by atoms with Crippen LogP contribution in [0.1, 0.15) is 36.0 Å². The monoisotopic (exact) mass is 424 g/mol. The third kappa shape index (κ3) is 5.36. The van der Waals surface area contributed by atoms with Gasteiger partial charge in [-0.25, -0.2) is 9.37 Å². The van der Waals surface area contributed by atoms with Crippen LogP contribution in [0, 0.1) is 5.82 Å². The van der Waals surface area contributed by atoms with Gasteiger partial charge in [-0.15, -0.1) is 0 Å². The fraction of sp³-hybridized carbons (Fsp3) is 0.364. The molecule has 3 heterocycles. The number of amides is 2. The number of rotatable bonds is 7. The average Bonchev–Trinajstić information content (AvgIpc) is 3.45. The molecular formula is C22H25FN6O2. The number of hydrogen-bond donors (Lipinski definition) is 1. The fourth-order valence-corrected chi connectivity index (χ4v) is 3.98. The zero-order valence-electron chi connectivity index (χ0n) is 17.2. The fourth-order valence-electron chi connectivity index (χ4n) is 3.98. The van der Waals surface area contributed by atoms with E-state index in [1.165, 1.54) is 24.5 Å². The summed E-state index contributed by atoms with van der Waals surface area (Å²) in [6.45, 7) is 1.42. The van der Waals surface area contributed by atoms with E-state index in [9.17, 15) is 14.0 Å². The van der Waals surface area contributed by atoms with Crippen molar-refractivity contribution in [2.24, 2.45) is 0 Å². The van der Waals surface area contributed by atoms with Crippen molar-refractivity contribution in [1.82, 2.24) is 24.2 Å². The molecular weight excluding hydrogens is 399 g/mol. The Bertz CT molecular complexity index is 1020. The minimum absolute atomic E-state index is 0.0570. The quantitative estimate of drug-likeness (QED) is 0.632. The minimum atomic E-state index is -0.561. The molecule has 4 rings (SSSR count). The molecule has 1 N–H and O–H groups in total. The Morgan fingerprint density at radius 2 is 2.06 bits per heavy atom. The number of aromatic nitrogens is 4. The van der Waals surface area contributed by atoms with Crippen LogP contribution in [0.3, 0.4) is 0 Å². The third-order valence-corrected chi connectivity index (χ3v) is 5.45. The maximum atomic E-state index is 14.3. The number of carbonyl (C=O) groups excluding carboxylic acids is 2. The summed E-state index contributed by atoms with van der Waals surface area (Å²) in [5, 5.41) is 6.89. The van der Waals surface area contributed by atoms with E-state index in [-0.39, 0.29) is 35.7 Å². The number of piperidine rings is 1. The second-order valence-corrected chi connectivity index (χ2v) is 7.72. The second kappa shape index (κ2) is 9.55. The number of likely N-dealkylation sites (tertiary alicyclic amines) is 1. The zero-order valence-corrected chi connectivity index (χ0v) is 17.2. The molecule has 3 aromatic rings. The van der Waals surface area contributed by atoms with Crippen molar-refractivity contribution >= 4 is 17.5 Å². The lowest BCUT2D eigenvalue weighted by molar-refractivity contribution is -0.116. The van der Waals surface area contributed by atoms with Crippen LogP contribution in [0.25, 0.3) is 0 Å². The molecule has 1 aliphatic heterocycles. The minimum Gasteiger partial charge on any atom is -0.336 e. The highest BCUT2D eigenvalue weighted by molar-refractivity contribution is 5.97. The maximum absolute atomic E-state index is 14.3. The highest BCUT2D eigenvalue weighted by Crippen LogP contribution is 2.24. The Morgan fingerprint density at radius 1 is 1.16 bits per heavy atom. The van der Waals surface area contributed by atoms with Crippen LogP contribution in [0.4, 0.5) is 10.1 Å². The molecule has 1 fully saturated rings. The van der Waals surface area contributed by atoms with Crippen molar-refractivity contribution in [2.75, 3.05) is 11.9 Å². The van der Waals surface area contributed by atoms with Gasteiger partial charge in [-0.3, -0.25) is 14.3 Å². The normalized spacial score (nSPS) is 16.3. The van der Waals surface area contributed by atoms with Crippen LogP contribution in [-0.2, 0) is 17.9 Å². The topological polar surface area (TPSA) is 85.0 Å². The van der Waals surface area contributed by atoms with Crippen LogP contribution >= 0.6 is 0 Å². The van der Waals surface area contributed by atoms with Crippen molar-refractivity contribution in [3.8, 4) is 0 Å². The van der Waals surface area contributed by atoms with Crippen LogP contribution in [-0.4, -0.2) is 48.6 Å². The summed E-state index contributed by atoms with van der Waals surface area (Å²) in [5.74, 6) is -1.10. The van der Waals surface area contributed by atoms with Crippen molar-refractivity contribution in [1.29, 1.82) is 0 Å². The zero-order chi connectivity index (χ0) is 21.6. The van der Waals surface area contributed by atoms with E-state index < -0.39 is 5.82 Å². The standard InChI is InChI=1S/C22H25FN6O2/c23-18-12-17(13-19(14-18)26-21(30)15-27-11-7-24-16-27)22(31)29-9-2-1-4-20(29)5-10-28-8-3-6-25-28/h3,6-8,11-14,16,20H,1-2,4-5,9-10,15H2,(H,26,30). The molecule has 1 aromatic carbocycles. The van der Waals surface area contributed by atoms with Gasteiger partial charge in [-0.1, -0.05) is 0 Å². The number of hydrogen-bond acceptors (Lipinski definition) is 4. The maximum Gasteiger partial charge on any atom is 0.254 e. The SMILES string of the molecule is O=C(Cn1ccnc1)Nc1cc(F)cc(C(=O)N2CCCCC2CCn2cccn2)c1. The van der Waals surface area contributed by atoms with Crippen molar-refractivity contribution in [2.45, 2.75) is 44.8 Å². The van der Waals surface area contributed by atoms with E-state index in [0.29, 0.717) is 6.54 Å². The number of anilines is 1. The lowest BCUT2D eigenvalue weighted by Crippen LogP contribution is -2.44. The van der Waals surface area contributed by atoms with Gasteiger partial charge in [0.15, 0.2) is 0 Å². The average molecular weight is 424 g/mol. The summed E-state index contributed by atoms with van der Waals surface area (Å²) in [6.07, 6.45) is 12.1. The predicted octanol–water partition coefficient (Wildman–Crippen LogP) is 2.94. The van der Waals surface area contributed by atoms with Gasteiger partial charge in [-0.05, 0) is 49.9 Å². The first-order chi connectivity index (χ1) is 15.1. The number of aryl methyl sites for hydroxylation is 1. The molecule has 31 heavy (non-hydrogen) atoms. The van der Waals surface area contributed by atoms with Crippen LogP contribution in [0.5, 0.6) is 0 Å². The first-order valence-electron chi connectivity index (χ1n) is 10.4. The Morgan fingerprint density at radius 3 is 2.84 bits per heavy atom. The highest BCUT2D eigenvalue weighted by Gasteiger charge is 2.28. The molecule has 2 aromatic heterocycles. The smallest absolute Gasteiger partial charge is 0.254 e. The highest BCUT2D eigenvalue weighted by atomic mass is 19.1. The molecule has 0 radical (unpaired) electrons. The van der Waals surface area contributed by atoms with Gasteiger partial charge in [0.05, 0.1) is 6.33 Å². The molecule has 1 unspecified atom stereocenters. The summed E-state index contributed by atoms with van der Waals surface area (Å²) in [5.41, 5.74) is 0.502. The summed E-state index contributed by atoms with van der Waals surface area (Å²) in [4.78, 5) is 31.2. The van der Waals surface area contributed by atoms with E-state index in [0.717, 1.165) is 32.2 Å². The molecule has 1 aliphatic rings. The number of imidazole rings is 1. The Labute approximate surface area is 179 Å². The largest absolute Gasteiger partial charge is 0.336 e. The molecule has 0 saturated carbocycles. The van der Waals surface area contributed by atoms with E-state index in [1.54, 1.807) is 23.2 Å². The van der Waals surface area contributed by atoms with Crippen LogP contribution < -0.4 is 5.32 Å². The van der Waals surface area contributed by atoms with Crippen molar-refractivity contribution in [3.05, 3.63) is 66.8 Å². The van der Waals surface area contributed by atoms with Gasteiger partial charge < -0.3 is 14.8 Å². The first-order valence-corrected chi connectivity index (χ1v) is 10.4. The Kier molecular flexibility index (Phi) is 6.40. The molecule has 1 saturated heterocycles. The number of benzene rings is 1. The van der Waals surface area contributed by atoms with Crippen LogP contribution in [0.2, 0.25) is 0 Å². The number of halogens is 1. The molecule has 0 bridgehead atoms. The molecule has 162 valence electrons. The van der Waals surface area contributed by atoms with Gasteiger partial charge >= 0.3 is 0 Å². The molecule has 2 amide bonds. The number of nitrogens with one attached hydrogen (secondary N) is 1. The summed E-state index contributed by atoms with van der Waals surface area (Å²) >= 11 is 0. The van der Waals surface area contributed by atoms with E-state index in [1.807, 2.05) is 21.8 Å². The van der Waals surface area contributed by atoms with Crippen molar-refractivity contribution in [3.63, 3.8) is 0 Å². The van der Waals surface area contributed by atoms with E-state index in [2.05, 4.69) is 15.4 Å². The Balaban J connectivity index is 1.45. The number of carbonyl (C=O) groups is 2. The lowest BCUT2D eigenvalue weighted by atomic mass is 9.98. The number of nitrogens with zero attached hydrogens (tertiary/aromatic N) is 5. The van der Waals surface area contributed by atoms with Gasteiger partial charge in [-0.2, -0.15) is 5.10 Å². The second-order valence-electron chi connectivity index (χ2n) is 7.72. The Hall–Kier alpha value is -3.49. The lowest BCUT2D eigenvalue weighted by Gasteiger charge is -2.36. The molecule has 0 aliphatic carbocycles. The summed E-state index contributed by atoms with van der Waals surface area (Å²) < 4.78 is 17.7. The molecule has 1 atom stereocenters. The summed E-state index contributed by atoms with van der Waals surface area (Å²) in [7, 11) is 0.